The summed E-state index contributed by atoms with van der Waals surface area (Å²) in [5, 5.41) is 12.4. The second kappa shape index (κ2) is 6.67. The summed E-state index contributed by atoms with van der Waals surface area (Å²) in [7, 11) is 0. The van der Waals surface area contributed by atoms with Gasteiger partial charge in [0.15, 0.2) is 5.78 Å². The van der Waals surface area contributed by atoms with E-state index >= 15 is 0 Å². The van der Waals surface area contributed by atoms with Gasteiger partial charge in [-0.1, -0.05) is 69.2 Å². The first-order chi connectivity index (χ1) is 9.67. The second-order valence-electron chi connectivity index (χ2n) is 5.30. The number of hydrogen-bond donors (Lipinski definition) is 1. The second-order valence-corrected chi connectivity index (χ2v) is 5.30. The number of Topliss-reactive ketones (excluding diaryl/α,β-unsaturated/α-hetero) is 1. The Bertz CT molecular complexity index is 579. The number of hydrogen-bond acceptors (Lipinski definition) is 2. The molecule has 0 fully saturated rings. The van der Waals surface area contributed by atoms with Gasteiger partial charge in [-0.2, -0.15) is 0 Å². The predicted molar refractivity (Wildman–Crippen MR) is 82.7 cm³/mol. The highest BCUT2D eigenvalue weighted by atomic mass is 16.3. The quantitative estimate of drug-likeness (QED) is 0.868. The first kappa shape index (κ1) is 14.7. The Balaban J connectivity index is 2.22. The molecular weight excluding hydrogens is 248 g/mol. The van der Waals surface area contributed by atoms with Gasteiger partial charge in [0.1, 0.15) is 6.10 Å². The van der Waals surface area contributed by atoms with E-state index in [4.69, 9.17) is 0 Å². The zero-order chi connectivity index (χ0) is 14.5. The van der Waals surface area contributed by atoms with Gasteiger partial charge in [-0.3, -0.25) is 4.79 Å². The lowest BCUT2D eigenvalue weighted by atomic mass is 9.90. The van der Waals surface area contributed by atoms with Crippen LogP contribution in [-0.4, -0.2) is 17.0 Å². The van der Waals surface area contributed by atoms with Crippen LogP contribution >= 0.6 is 0 Å². The van der Waals surface area contributed by atoms with Crippen LogP contribution in [0.25, 0.3) is 10.8 Å². The summed E-state index contributed by atoms with van der Waals surface area (Å²) in [5.41, 5.74) is 0.998. The summed E-state index contributed by atoms with van der Waals surface area (Å²) in [6.45, 7) is 4.03. The SMILES string of the molecule is CCC(CC)C(O)C(=O)Cc1cccc2ccccc12. The molecule has 0 aliphatic carbocycles. The first-order valence-electron chi connectivity index (χ1n) is 7.34. The Hall–Kier alpha value is -1.67. The van der Waals surface area contributed by atoms with Crippen molar-refractivity contribution in [3.8, 4) is 0 Å². The molecule has 0 bridgehead atoms. The van der Waals surface area contributed by atoms with Gasteiger partial charge in [0, 0.05) is 6.42 Å². The third kappa shape index (κ3) is 3.07. The van der Waals surface area contributed by atoms with Crippen LogP contribution in [0, 0.1) is 5.92 Å². The molecule has 20 heavy (non-hydrogen) atoms. The molecule has 0 radical (unpaired) electrons. The van der Waals surface area contributed by atoms with Crippen LogP contribution in [0.5, 0.6) is 0 Å². The molecule has 0 spiro atoms. The Morgan fingerprint density at radius 2 is 1.70 bits per heavy atom. The molecule has 1 unspecified atom stereocenters. The van der Waals surface area contributed by atoms with Crippen LogP contribution < -0.4 is 0 Å². The Kier molecular flexibility index (Phi) is 4.91. The number of carbonyl (C=O) groups is 1. The Morgan fingerprint density at radius 3 is 2.40 bits per heavy atom. The van der Waals surface area contributed by atoms with Crippen molar-refractivity contribution in [1.29, 1.82) is 0 Å². The summed E-state index contributed by atoms with van der Waals surface area (Å²) >= 11 is 0. The van der Waals surface area contributed by atoms with Crippen LogP contribution in [0.2, 0.25) is 0 Å². The van der Waals surface area contributed by atoms with Crippen molar-refractivity contribution in [2.45, 2.75) is 39.2 Å². The number of carbonyl (C=O) groups excluding carboxylic acids is 1. The van der Waals surface area contributed by atoms with Gasteiger partial charge in [-0.05, 0) is 22.3 Å². The first-order valence-corrected chi connectivity index (χ1v) is 7.34. The Morgan fingerprint density at radius 1 is 1.05 bits per heavy atom. The van der Waals surface area contributed by atoms with E-state index in [1.807, 2.05) is 56.3 Å². The summed E-state index contributed by atoms with van der Waals surface area (Å²) in [6.07, 6.45) is 1.13. The smallest absolute Gasteiger partial charge is 0.165 e. The third-order valence-electron chi connectivity index (χ3n) is 4.07. The van der Waals surface area contributed by atoms with E-state index in [0.29, 0.717) is 6.42 Å². The highest BCUT2D eigenvalue weighted by Gasteiger charge is 2.23. The van der Waals surface area contributed by atoms with Gasteiger partial charge in [0.05, 0.1) is 0 Å². The molecule has 0 saturated heterocycles. The zero-order valence-corrected chi connectivity index (χ0v) is 12.2. The summed E-state index contributed by atoms with van der Waals surface area (Å²) in [5.74, 6) is -0.00692. The minimum absolute atomic E-state index is 0.0671. The highest BCUT2D eigenvalue weighted by Crippen LogP contribution is 2.21. The van der Waals surface area contributed by atoms with Crippen LogP contribution in [0.3, 0.4) is 0 Å². The van der Waals surface area contributed by atoms with E-state index in [2.05, 4.69) is 0 Å². The van der Waals surface area contributed by atoms with Crippen molar-refractivity contribution >= 4 is 16.6 Å². The number of aliphatic hydroxyl groups excluding tert-OH is 1. The lowest BCUT2D eigenvalue weighted by molar-refractivity contribution is -0.129. The topological polar surface area (TPSA) is 37.3 Å². The van der Waals surface area contributed by atoms with Crippen LogP contribution in [-0.2, 0) is 11.2 Å². The van der Waals surface area contributed by atoms with Gasteiger partial charge in [-0.25, -0.2) is 0 Å². The van der Waals surface area contributed by atoms with Crippen LogP contribution in [0.4, 0.5) is 0 Å². The lowest BCUT2D eigenvalue weighted by Gasteiger charge is -2.19. The molecule has 0 amide bonds. The fraction of sp³-hybridized carbons (Fsp3) is 0.389. The fourth-order valence-electron chi connectivity index (χ4n) is 2.74. The maximum atomic E-state index is 12.3. The zero-order valence-electron chi connectivity index (χ0n) is 12.2. The van der Waals surface area contributed by atoms with Crippen molar-refractivity contribution in [3.05, 3.63) is 48.0 Å². The molecular formula is C18H22O2. The van der Waals surface area contributed by atoms with Crippen molar-refractivity contribution in [2.75, 3.05) is 0 Å². The maximum absolute atomic E-state index is 12.3. The van der Waals surface area contributed by atoms with Crippen molar-refractivity contribution in [2.24, 2.45) is 5.92 Å². The lowest BCUT2D eigenvalue weighted by Crippen LogP contribution is -2.30. The average molecular weight is 270 g/mol. The number of rotatable bonds is 6. The molecule has 1 N–H and O–H groups in total. The standard InChI is InChI=1S/C18H22O2/c1-3-13(4-2)18(20)17(19)12-15-10-7-9-14-8-5-6-11-16(14)15/h5-11,13,18,20H,3-4,12H2,1-2H3. The summed E-state index contributed by atoms with van der Waals surface area (Å²) in [4.78, 5) is 12.3. The molecule has 0 aliphatic heterocycles. The number of fused-ring (bicyclic) bond motifs is 1. The number of benzene rings is 2. The van der Waals surface area contributed by atoms with Gasteiger partial charge in [0.25, 0.3) is 0 Å². The average Bonchev–Trinajstić information content (AvgIpc) is 2.48. The number of ketones is 1. The van der Waals surface area contributed by atoms with E-state index in [-0.39, 0.29) is 11.7 Å². The molecule has 106 valence electrons. The molecule has 0 heterocycles. The molecule has 0 aromatic heterocycles. The molecule has 2 rings (SSSR count). The minimum Gasteiger partial charge on any atom is -0.385 e. The number of aliphatic hydroxyl groups is 1. The highest BCUT2D eigenvalue weighted by molar-refractivity contribution is 5.92. The predicted octanol–water partition coefficient (Wildman–Crippen LogP) is 3.75. The molecule has 1 atom stereocenters. The molecule has 2 aromatic rings. The maximum Gasteiger partial charge on any atom is 0.165 e. The van der Waals surface area contributed by atoms with E-state index < -0.39 is 6.10 Å². The van der Waals surface area contributed by atoms with E-state index in [1.54, 1.807) is 0 Å². The minimum atomic E-state index is -0.844. The summed E-state index contributed by atoms with van der Waals surface area (Å²) in [6, 6.07) is 14.0. The van der Waals surface area contributed by atoms with Gasteiger partial charge in [0.2, 0.25) is 0 Å². The van der Waals surface area contributed by atoms with Gasteiger partial charge >= 0.3 is 0 Å². The molecule has 0 saturated carbocycles. The summed E-state index contributed by atoms with van der Waals surface area (Å²) < 4.78 is 0. The largest absolute Gasteiger partial charge is 0.385 e. The van der Waals surface area contributed by atoms with E-state index in [1.165, 1.54) is 0 Å². The van der Waals surface area contributed by atoms with Crippen molar-refractivity contribution < 1.29 is 9.90 Å². The molecule has 2 heteroatoms. The fourth-order valence-corrected chi connectivity index (χ4v) is 2.74. The van der Waals surface area contributed by atoms with Crippen molar-refractivity contribution in [3.63, 3.8) is 0 Å². The molecule has 0 aliphatic rings. The van der Waals surface area contributed by atoms with E-state index in [9.17, 15) is 9.90 Å². The molecule has 2 aromatic carbocycles. The van der Waals surface area contributed by atoms with Gasteiger partial charge in [-0.15, -0.1) is 0 Å². The van der Waals surface area contributed by atoms with Crippen LogP contribution in [0.1, 0.15) is 32.3 Å². The van der Waals surface area contributed by atoms with Gasteiger partial charge < -0.3 is 5.11 Å². The Labute approximate surface area is 120 Å². The monoisotopic (exact) mass is 270 g/mol. The van der Waals surface area contributed by atoms with Crippen molar-refractivity contribution in [1.82, 2.24) is 0 Å². The third-order valence-corrected chi connectivity index (χ3v) is 4.07. The van der Waals surface area contributed by atoms with Crippen LogP contribution in [0.15, 0.2) is 42.5 Å². The normalized spacial score (nSPS) is 12.8. The van der Waals surface area contributed by atoms with E-state index in [0.717, 1.165) is 29.2 Å². The molecule has 2 nitrogen and oxygen atoms in total.